The molecule has 0 aromatic carbocycles. The predicted molar refractivity (Wildman–Crippen MR) is 79.8 cm³/mol. The summed E-state index contributed by atoms with van der Waals surface area (Å²) >= 11 is 5.84. The minimum Gasteiger partial charge on any atom is -0.353 e. The molecule has 104 valence electrons. The third-order valence-electron chi connectivity index (χ3n) is 3.66. The normalized spacial score (nSPS) is 18.9. The Kier molecular flexibility index (Phi) is 3.74. The molecule has 1 aliphatic carbocycles. The second kappa shape index (κ2) is 5.67. The van der Waals surface area contributed by atoms with Crippen LogP contribution in [0, 0.1) is 5.92 Å². The van der Waals surface area contributed by atoms with Crippen LogP contribution in [0.25, 0.3) is 0 Å². The molecular weight excluding hydrogens is 274 g/mol. The van der Waals surface area contributed by atoms with Crippen molar-refractivity contribution in [2.24, 2.45) is 5.92 Å². The summed E-state index contributed by atoms with van der Waals surface area (Å²) in [5.74, 6) is 1.04. The quantitative estimate of drug-likeness (QED) is 0.837. The van der Waals surface area contributed by atoms with Gasteiger partial charge < -0.3 is 9.80 Å². The smallest absolute Gasteiger partial charge is 0.233 e. The molecule has 0 radical (unpaired) electrons. The fourth-order valence-corrected chi connectivity index (χ4v) is 2.63. The van der Waals surface area contributed by atoms with Crippen molar-refractivity contribution in [3.8, 4) is 0 Å². The molecule has 1 fully saturated rings. The second-order valence-electron chi connectivity index (χ2n) is 4.94. The van der Waals surface area contributed by atoms with Crippen LogP contribution in [0.15, 0.2) is 42.6 Å². The van der Waals surface area contributed by atoms with Crippen LogP contribution in [0.4, 0.5) is 5.82 Å². The first-order valence-electron chi connectivity index (χ1n) is 6.74. The molecule has 1 aromatic heterocycles. The number of piperazine rings is 1. The highest BCUT2D eigenvalue weighted by Crippen LogP contribution is 2.18. The first kappa shape index (κ1) is 13.2. The summed E-state index contributed by atoms with van der Waals surface area (Å²) < 4.78 is 0. The van der Waals surface area contributed by atoms with Crippen LogP contribution in [0.3, 0.4) is 0 Å². The van der Waals surface area contributed by atoms with Gasteiger partial charge >= 0.3 is 0 Å². The average molecular weight is 290 g/mol. The highest BCUT2D eigenvalue weighted by Gasteiger charge is 2.25. The standard InChI is InChI=1S/C15H16ClN3O/c16-13-5-6-14(17-11-13)18-7-9-19(10-8-18)15(20)12-3-1-2-4-12/h1-6,11-12H,7-10H2. The van der Waals surface area contributed by atoms with Gasteiger partial charge in [-0.3, -0.25) is 4.79 Å². The zero-order valence-corrected chi connectivity index (χ0v) is 11.8. The van der Waals surface area contributed by atoms with Crippen molar-refractivity contribution in [1.29, 1.82) is 0 Å². The molecule has 0 bridgehead atoms. The number of hydrogen-bond donors (Lipinski definition) is 0. The molecule has 2 aliphatic rings. The van der Waals surface area contributed by atoms with Crippen molar-refractivity contribution in [3.63, 3.8) is 0 Å². The maximum atomic E-state index is 12.3. The molecule has 20 heavy (non-hydrogen) atoms. The van der Waals surface area contributed by atoms with Crippen LogP contribution in [-0.2, 0) is 4.79 Å². The minimum atomic E-state index is -0.0739. The van der Waals surface area contributed by atoms with Gasteiger partial charge in [-0.15, -0.1) is 0 Å². The fraction of sp³-hybridized carbons (Fsp3) is 0.333. The third kappa shape index (κ3) is 2.70. The Morgan fingerprint density at radius 1 is 1.15 bits per heavy atom. The number of nitrogens with zero attached hydrogens (tertiary/aromatic N) is 3. The van der Waals surface area contributed by atoms with Crippen molar-refractivity contribution >= 4 is 23.3 Å². The number of hydrogen-bond acceptors (Lipinski definition) is 3. The highest BCUT2D eigenvalue weighted by atomic mass is 35.5. The van der Waals surface area contributed by atoms with E-state index >= 15 is 0 Å². The van der Waals surface area contributed by atoms with E-state index in [0.717, 1.165) is 32.0 Å². The van der Waals surface area contributed by atoms with Gasteiger partial charge in [0.05, 0.1) is 10.9 Å². The molecule has 0 saturated carbocycles. The highest BCUT2D eigenvalue weighted by molar-refractivity contribution is 6.30. The molecule has 1 saturated heterocycles. The lowest BCUT2D eigenvalue weighted by Crippen LogP contribution is -2.50. The van der Waals surface area contributed by atoms with Gasteiger partial charge in [0.25, 0.3) is 0 Å². The maximum Gasteiger partial charge on any atom is 0.233 e. The van der Waals surface area contributed by atoms with E-state index in [1.165, 1.54) is 0 Å². The Bertz CT molecular complexity index is 533. The van der Waals surface area contributed by atoms with E-state index in [2.05, 4.69) is 9.88 Å². The molecule has 1 amide bonds. The van der Waals surface area contributed by atoms with Gasteiger partial charge in [0, 0.05) is 32.4 Å². The first-order valence-corrected chi connectivity index (χ1v) is 7.12. The molecule has 4 nitrogen and oxygen atoms in total. The van der Waals surface area contributed by atoms with Gasteiger partial charge in [-0.05, 0) is 12.1 Å². The number of pyridine rings is 1. The van der Waals surface area contributed by atoms with Gasteiger partial charge in [-0.2, -0.15) is 0 Å². The lowest BCUT2D eigenvalue weighted by molar-refractivity contribution is -0.132. The number of rotatable bonds is 2. The predicted octanol–water partition coefficient (Wildman–Crippen LogP) is 2.13. The largest absolute Gasteiger partial charge is 0.353 e. The van der Waals surface area contributed by atoms with Gasteiger partial charge in [0.2, 0.25) is 5.91 Å². The number of allylic oxidation sites excluding steroid dienone is 2. The Morgan fingerprint density at radius 2 is 1.85 bits per heavy atom. The number of amides is 1. The Hall–Kier alpha value is -1.81. The van der Waals surface area contributed by atoms with E-state index in [-0.39, 0.29) is 11.8 Å². The number of carbonyl (C=O) groups is 1. The zero-order valence-electron chi connectivity index (χ0n) is 11.1. The number of carbonyl (C=O) groups excluding carboxylic acids is 1. The van der Waals surface area contributed by atoms with E-state index in [9.17, 15) is 4.79 Å². The Labute approximate surface area is 123 Å². The Balaban J connectivity index is 1.59. The molecule has 0 N–H and O–H groups in total. The van der Waals surface area contributed by atoms with E-state index in [0.29, 0.717) is 5.02 Å². The third-order valence-corrected chi connectivity index (χ3v) is 3.88. The maximum absolute atomic E-state index is 12.3. The summed E-state index contributed by atoms with van der Waals surface area (Å²) in [5.41, 5.74) is 0. The lowest BCUT2D eigenvalue weighted by Gasteiger charge is -2.36. The van der Waals surface area contributed by atoms with Gasteiger partial charge in [0.1, 0.15) is 5.82 Å². The van der Waals surface area contributed by atoms with Crippen LogP contribution in [0.5, 0.6) is 0 Å². The number of anilines is 1. The Morgan fingerprint density at radius 3 is 2.45 bits per heavy atom. The molecule has 3 rings (SSSR count). The summed E-state index contributed by atoms with van der Waals surface area (Å²) in [6, 6.07) is 3.76. The molecule has 1 aromatic rings. The summed E-state index contributed by atoms with van der Waals surface area (Å²) in [6.07, 6.45) is 9.39. The number of halogens is 1. The lowest BCUT2D eigenvalue weighted by atomic mass is 10.1. The average Bonchev–Trinajstić information content (AvgIpc) is 3.02. The van der Waals surface area contributed by atoms with Crippen molar-refractivity contribution in [2.75, 3.05) is 31.1 Å². The van der Waals surface area contributed by atoms with Crippen molar-refractivity contribution in [2.45, 2.75) is 0 Å². The van der Waals surface area contributed by atoms with Crippen molar-refractivity contribution in [3.05, 3.63) is 47.7 Å². The van der Waals surface area contributed by atoms with Crippen molar-refractivity contribution < 1.29 is 4.79 Å². The molecule has 2 heterocycles. The molecule has 0 atom stereocenters. The van der Waals surface area contributed by atoms with E-state index in [1.807, 2.05) is 41.3 Å². The monoisotopic (exact) mass is 289 g/mol. The fourth-order valence-electron chi connectivity index (χ4n) is 2.52. The molecular formula is C15H16ClN3O. The van der Waals surface area contributed by atoms with Gasteiger partial charge in [-0.25, -0.2) is 4.98 Å². The van der Waals surface area contributed by atoms with Crippen LogP contribution in [-0.4, -0.2) is 42.0 Å². The van der Waals surface area contributed by atoms with E-state index in [4.69, 9.17) is 11.6 Å². The second-order valence-corrected chi connectivity index (χ2v) is 5.38. The minimum absolute atomic E-state index is 0.0739. The number of aromatic nitrogens is 1. The summed E-state index contributed by atoms with van der Waals surface area (Å²) in [5, 5.41) is 0.641. The van der Waals surface area contributed by atoms with E-state index < -0.39 is 0 Å². The van der Waals surface area contributed by atoms with Crippen molar-refractivity contribution in [1.82, 2.24) is 9.88 Å². The SMILES string of the molecule is O=C(C1C=CC=C1)N1CCN(c2ccc(Cl)cn2)CC1. The van der Waals surface area contributed by atoms with Crippen LogP contribution in [0.2, 0.25) is 5.02 Å². The van der Waals surface area contributed by atoms with Crippen LogP contribution < -0.4 is 4.90 Å². The van der Waals surface area contributed by atoms with Gasteiger partial charge in [-0.1, -0.05) is 35.9 Å². The molecule has 5 heteroatoms. The first-order chi connectivity index (χ1) is 9.74. The molecule has 0 spiro atoms. The van der Waals surface area contributed by atoms with Crippen LogP contribution >= 0.6 is 11.6 Å². The molecule has 1 aliphatic heterocycles. The zero-order chi connectivity index (χ0) is 13.9. The van der Waals surface area contributed by atoms with Gasteiger partial charge in [0.15, 0.2) is 0 Å². The van der Waals surface area contributed by atoms with Crippen LogP contribution in [0.1, 0.15) is 0 Å². The van der Waals surface area contributed by atoms with E-state index in [1.54, 1.807) is 6.20 Å². The molecule has 0 unspecified atom stereocenters. The summed E-state index contributed by atoms with van der Waals surface area (Å²) in [7, 11) is 0. The summed E-state index contributed by atoms with van der Waals surface area (Å²) in [4.78, 5) is 20.7. The summed E-state index contributed by atoms with van der Waals surface area (Å²) in [6.45, 7) is 3.09. The topological polar surface area (TPSA) is 36.4 Å².